The molecular formula is C60H111NO10. The van der Waals surface area contributed by atoms with Crippen molar-refractivity contribution in [2.75, 3.05) is 13.2 Å². The van der Waals surface area contributed by atoms with Gasteiger partial charge in [-0.1, -0.05) is 224 Å². The Balaban J connectivity index is 2.73. The predicted octanol–water partition coefficient (Wildman–Crippen LogP) is 13.5. The molecule has 8 atom stereocenters. The van der Waals surface area contributed by atoms with Crippen LogP contribution >= 0.6 is 0 Å². The Morgan fingerprint density at radius 1 is 0.535 bits per heavy atom. The number of hydrogen-bond donors (Lipinski definition) is 6. The highest BCUT2D eigenvalue weighted by Crippen LogP contribution is 2.26. The molecule has 0 saturated carbocycles. The van der Waals surface area contributed by atoms with E-state index in [4.69, 9.17) is 14.2 Å². The largest absolute Gasteiger partial charge is 0.454 e. The molecule has 1 aliphatic rings. The fraction of sp³-hybridized carbons (Fsp3) is 0.867. The summed E-state index contributed by atoms with van der Waals surface area (Å²) < 4.78 is 17.6. The molecule has 6 N–H and O–H groups in total. The molecule has 0 aromatic carbocycles. The zero-order valence-electron chi connectivity index (χ0n) is 45.9. The van der Waals surface area contributed by atoms with E-state index in [0.717, 1.165) is 77.0 Å². The van der Waals surface area contributed by atoms with Gasteiger partial charge < -0.3 is 45.1 Å². The lowest BCUT2D eigenvalue weighted by Crippen LogP contribution is -2.61. The van der Waals surface area contributed by atoms with Crippen LogP contribution in [0.5, 0.6) is 0 Å². The van der Waals surface area contributed by atoms with Crippen molar-refractivity contribution in [1.29, 1.82) is 0 Å². The first-order chi connectivity index (χ1) is 34.7. The quantitative estimate of drug-likeness (QED) is 0.0195. The highest BCUT2D eigenvalue weighted by atomic mass is 16.7. The van der Waals surface area contributed by atoms with Gasteiger partial charge in [0.15, 0.2) is 12.4 Å². The smallest absolute Gasteiger partial charge is 0.306 e. The maximum atomic E-state index is 13.4. The SMILES string of the molecule is CCCCCCCC/C=C/CCCCCCCCC(O)C(=O)NC(COC1OC(CO)C(O)C(O)C1OC(=O)CCCCC/C=C\CCCCCCCCC)C(O)/C=C/CCCCCCCCCCCC. The number of amides is 1. The second-order valence-electron chi connectivity index (χ2n) is 20.7. The molecule has 11 nitrogen and oxygen atoms in total. The van der Waals surface area contributed by atoms with Gasteiger partial charge in [-0.3, -0.25) is 9.59 Å². The van der Waals surface area contributed by atoms with Crippen LogP contribution in [0.25, 0.3) is 0 Å². The summed E-state index contributed by atoms with van der Waals surface area (Å²) in [7, 11) is 0. The van der Waals surface area contributed by atoms with E-state index in [1.165, 1.54) is 148 Å². The average Bonchev–Trinajstić information content (AvgIpc) is 3.37. The summed E-state index contributed by atoms with van der Waals surface area (Å²) in [6, 6.07) is -1.03. The number of nitrogens with one attached hydrogen (secondary N) is 1. The van der Waals surface area contributed by atoms with E-state index in [2.05, 4.69) is 50.4 Å². The molecule has 71 heavy (non-hydrogen) atoms. The van der Waals surface area contributed by atoms with Crippen molar-refractivity contribution in [2.45, 2.75) is 320 Å². The number of aliphatic hydroxyl groups excluding tert-OH is 5. The third-order valence-electron chi connectivity index (χ3n) is 14.0. The van der Waals surface area contributed by atoms with Crippen LogP contribution in [0.4, 0.5) is 0 Å². The van der Waals surface area contributed by atoms with Crippen LogP contribution in [0.2, 0.25) is 0 Å². The molecule has 1 amide bonds. The molecule has 1 fully saturated rings. The lowest BCUT2D eigenvalue weighted by Gasteiger charge is -2.41. The zero-order valence-corrected chi connectivity index (χ0v) is 45.9. The Kier molecular flexibility index (Phi) is 46.0. The third-order valence-corrected chi connectivity index (χ3v) is 14.0. The number of ether oxygens (including phenoxy) is 3. The van der Waals surface area contributed by atoms with Crippen LogP contribution in [-0.4, -0.2) is 99.6 Å². The van der Waals surface area contributed by atoms with Crippen molar-refractivity contribution in [1.82, 2.24) is 5.32 Å². The number of esters is 1. The number of unbranched alkanes of at least 4 members (excludes halogenated alkanes) is 32. The van der Waals surface area contributed by atoms with Crippen LogP contribution in [0.3, 0.4) is 0 Å². The van der Waals surface area contributed by atoms with E-state index in [1.807, 2.05) is 6.08 Å². The first-order valence-corrected chi connectivity index (χ1v) is 29.8. The minimum absolute atomic E-state index is 0.104. The molecule has 416 valence electrons. The summed E-state index contributed by atoms with van der Waals surface area (Å²) in [5.41, 5.74) is 0. The van der Waals surface area contributed by atoms with Crippen LogP contribution in [0.1, 0.15) is 271 Å². The zero-order chi connectivity index (χ0) is 51.8. The van der Waals surface area contributed by atoms with Gasteiger partial charge in [-0.15, -0.1) is 0 Å². The van der Waals surface area contributed by atoms with Crippen LogP contribution in [0.15, 0.2) is 36.5 Å². The van der Waals surface area contributed by atoms with Gasteiger partial charge in [-0.05, 0) is 77.0 Å². The maximum Gasteiger partial charge on any atom is 0.306 e. The molecule has 0 spiro atoms. The van der Waals surface area contributed by atoms with E-state index in [1.54, 1.807) is 6.08 Å². The number of rotatable bonds is 50. The minimum Gasteiger partial charge on any atom is -0.454 e. The number of carbonyl (C=O) groups is 2. The molecule has 1 saturated heterocycles. The van der Waals surface area contributed by atoms with E-state index in [9.17, 15) is 35.1 Å². The molecular weight excluding hydrogens is 895 g/mol. The summed E-state index contributed by atoms with van der Waals surface area (Å²) in [6.07, 6.45) is 46.1. The van der Waals surface area contributed by atoms with E-state index >= 15 is 0 Å². The van der Waals surface area contributed by atoms with Gasteiger partial charge in [-0.2, -0.15) is 0 Å². The fourth-order valence-electron chi connectivity index (χ4n) is 9.23. The van der Waals surface area contributed by atoms with Crippen molar-refractivity contribution in [3.05, 3.63) is 36.5 Å². The van der Waals surface area contributed by atoms with E-state index in [0.29, 0.717) is 12.8 Å². The highest BCUT2D eigenvalue weighted by Gasteiger charge is 2.47. The standard InChI is InChI=1S/C60H111NO10/c1-4-7-10-13-16-19-22-25-27-28-29-32-35-38-41-44-47-53(64)59(68)61-51(52(63)46-43-40-37-34-31-24-21-18-15-12-9-6-3)50-69-60-58(57(67)56(66)54(49-62)70-60)71-55(65)48-45-42-39-36-33-30-26-23-20-17-14-11-8-5-2/h25,27,30,33,43,46,51-54,56-58,60,62-64,66-67H,4-24,26,28-29,31-32,34-42,44-45,47-50H2,1-3H3,(H,61,68)/b27-25+,33-30-,46-43+. The van der Waals surface area contributed by atoms with Gasteiger partial charge >= 0.3 is 5.97 Å². The lowest BCUT2D eigenvalue weighted by atomic mass is 9.99. The fourth-order valence-corrected chi connectivity index (χ4v) is 9.23. The normalized spacial score (nSPS) is 19.8. The van der Waals surface area contributed by atoms with Crippen molar-refractivity contribution in [3.8, 4) is 0 Å². The molecule has 0 radical (unpaired) electrons. The van der Waals surface area contributed by atoms with Gasteiger partial charge in [0.2, 0.25) is 5.91 Å². The Hall–Kier alpha value is -2.12. The van der Waals surface area contributed by atoms with Crippen LogP contribution in [0, 0.1) is 0 Å². The molecule has 1 aliphatic heterocycles. The predicted molar refractivity (Wildman–Crippen MR) is 292 cm³/mol. The van der Waals surface area contributed by atoms with Crippen LogP contribution in [-0.2, 0) is 23.8 Å². The summed E-state index contributed by atoms with van der Waals surface area (Å²) >= 11 is 0. The van der Waals surface area contributed by atoms with Crippen LogP contribution < -0.4 is 5.32 Å². The molecule has 0 aromatic heterocycles. The summed E-state index contributed by atoms with van der Waals surface area (Å²) in [4.78, 5) is 26.5. The minimum atomic E-state index is -1.62. The first-order valence-electron chi connectivity index (χ1n) is 29.8. The Morgan fingerprint density at radius 2 is 0.930 bits per heavy atom. The molecule has 8 unspecified atom stereocenters. The van der Waals surface area contributed by atoms with Gasteiger partial charge in [-0.25, -0.2) is 0 Å². The Morgan fingerprint density at radius 3 is 1.37 bits per heavy atom. The highest BCUT2D eigenvalue weighted by molar-refractivity contribution is 5.80. The summed E-state index contributed by atoms with van der Waals surface area (Å²) in [5.74, 6) is -1.21. The topological polar surface area (TPSA) is 175 Å². The second kappa shape index (κ2) is 48.8. The number of allylic oxidation sites excluding steroid dienone is 5. The molecule has 1 rings (SSSR count). The van der Waals surface area contributed by atoms with Crippen molar-refractivity contribution in [2.24, 2.45) is 0 Å². The van der Waals surface area contributed by atoms with Gasteiger partial charge in [0, 0.05) is 6.42 Å². The number of hydrogen-bond acceptors (Lipinski definition) is 10. The monoisotopic (exact) mass is 1010 g/mol. The van der Waals surface area contributed by atoms with Crippen molar-refractivity contribution in [3.63, 3.8) is 0 Å². The molecule has 1 heterocycles. The Bertz CT molecular complexity index is 1290. The number of carbonyl (C=O) groups excluding carboxylic acids is 2. The first kappa shape index (κ1) is 66.9. The Labute approximate surface area is 434 Å². The van der Waals surface area contributed by atoms with E-state index in [-0.39, 0.29) is 19.4 Å². The van der Waals surface area contributed by atoms with Gasteiger partial charge in [0.1, 0.15) is 24.4 Å². The molecule has 0 aromatic rings. The van der Waals surface area contributed by atoms with Gasteiger partial charge in [0.25, 0.3) is 0 Å². The van der Waals surface area contributed by atoms with Crippen molar-refractivity contribution >= 4 is 11.9 Å². The number of aliphatic hydroxyl groups is 5. The average molecular weight is 1010 g/mol. The molecule has 11 heteroatoms. The summed E-state index contributed by atoms with van der Waals surface area (Å²) in [5, 5.41) is 56.8. The molecule has 0 aliphatic carbocycles. The third kappa shape index (κ3) is 37.3. The molecule has 0 bridgehead atoms. The lowest BCUT2D eigenvalue weighted by molar-refractivity contribution is -0.305. The summed E-state index contributed by atoms with van der Waals surface area (Å²) in [6.45, 7) is 5.77. The maximum absolute atomic E-state index is 13.4. The van der Waals surface area contributed by atoms with Gasteiger partial charge in [0.05, 0.1) is 25.4 Å². The second-order valence-corrected chi connectivity index (χ2v) is 20.7. The van der Waals surface area contributed by atoms with Crippen molar-refractivity contribution < 1.29 is 49.3 Å². The van der Waals surface area contributed by atoms with E-state index < -0.39 is 67.4 Å².